The Morgan fingerprint density at radius 3 is 2.58 bits per heavy atom. The van der Waals surface area contributed by atoms with Gasteiger partial charge >= 0.3 is 0 Å². The summed E-state index contributed by atoms with van der Waals surface area (Å²) >= 11 is 12.2. The lowest BCUT2D eigenvalue weighted by atomic mass is 10.2. The smallest absolute Gasteiger partial charge is 0.269 e. The summed E-state index contributed by atoms with van der Waals surface area (Å²) in [5, 5.41) is 6.90. The van der Waals surface area contributed by atoms with Crippen LogP contribution in [0, 0.1) is 0 Å². The minimum Gasteiger partial charge on any atom is -0.350 e. The van der Waals surface area contributed by atoms with Crippen LogP contribution in [-0.2, 0) is 11.3 Å². The van der Waals surface area contributed by atoms with E-state index in [-0.39, 0.29) is 16.6 Å². The predicted molar refractivity (Wildman–Crippen MR) is 104 cm³/mol. The number of rotatable bonds is 5. The summed E-state index contributed by atoms with van der Waals surface area (Å²) in [6, 6.07) is 14.0. The van der Waals surface area contributed by atoms with E-state index in [2.05, 4.69) is 15.6 Å². The minimum absolute atomic E-state index is 0.201. The maximum absolute atomic E-state index is 12.5. The molecule has 26 heavy (non-hydrogen) atoms. The van der Waals surface area contributed by atoms with E-state index in [0.29, 0.717) is 22.5 Å². The van der Waals surface area contributed by atoms with Crippen LogP contribution in [0.25, 0.3) is 10.9 Å². The van der Waals surface area contributed by atoms with Crippen LogP contribution >= 0.6 is 23.2 Å². The number of nitrogens with one attached hydrogen (secondary N) is 3. The fraction of sp³-hybridized carbons (Fsp3) is 0.158. The molecule has 0 saturated carbocycles. The number of fused-ring (bicyclic) bond motifs is 1. The molecule has 5 nitrogen and oxygen atoms in total. The Bertz CT molecular complexity index is 954. The molecule has 1 unspecified atom stereocenters. The van der Waals surface area contributed by atoms with Crippen molar-refractivity contribution in [3.05, 3.63) is 69.8 Å². The maximum Gasteiger partial charge on any atom is 0.269 e. The zero-order valence-corrected chi connectivity index (χ0v) is 15.5. The van der Waals surface area contributed by atoms with E-state index < -0.39 is 11.9 Å². The quantitative estimate of drug-likeness (QED) is 0.618. The molecule has 3 aromatic rings. The van der Waals surface area contributed by atoms with Gasteiger partial charge in [0.15, 0.2) is 0 Å². The van der Waals surface area contributed by atoms with Gasteiger partial charge in [0, 0.05) is 22.5 Å². The highest BCUT2D eigenvalue weighted by molar-refractivity contribution is 6.39. The summed E-state index contributed by atoms with van der Waals surface area (Å²) in [6.07, 6.45) is 0. The van der Waals surface area contributed by atoms with Crippen LogP contribution in [0.15, 0.2) is 48.5 Å². The van der Waals surface area contributed by atoms with Crippen molar-refractivity contribution in [2.75, 3.05) is 0 Å². The van der Waals surface area contributed by atoms with Crippen LogP contribution in [0.4, 0.5) is 0 Å². The SMILES string of the molecule is CC(NC(=O)c1[nH]c2ccc(Cl)cc2c1Cl)C(=O)NCc1ccccc1. The highest BCUT2D eigenvalue weighted by Crippen LogP contribution is 2.29. The molecule has 1 aromatic heterocycles. The van der Waals surface area contributed by atoms with E-state index in [0.717, 1.165) is 5.56 Å². The van der Waals surface area contributed by atoms with E-state index in [1.54, 1.807) is 25.1 Å². The Morgan fingerprint density at radius 1 is 1.12 bits per heavy atom. The van der Waals surface area contributed by atoms with Gasteiger partial charge in [0.25, 0.3) is 5.91 Å². The van der Waals surface area contributed by atoms with Crippen molar-refractivity contribution < 1.29 is 9.59 Å². The van der Waals surface area contributed by atoms with Crippen molar-refractivity contribution in [3.63, 3.8) is 0 Å². The number of hydrogen-bond acceptors (Lipinski definition) is 2. The van der Waals surface area contributed by atoms with Crippen molar-refractivity contribution >= 4 is 45.9 Å². The number of benzene rings is 2. The lowest BCUT2D eigenvalue weighted by Gasteiger charge is -2.14. The number of carbonyl (C=O) groups is 2. The van der Waals surface area contributed by atoms with Crippen LogP contribution < -0.4 is 10.6 Å². The molecule has 0 aliphatic carbocycles. The molecule has 1 atom stereocenters. The predicted octanol–water partition coefficient (Wildman–Crippen LogP) is 3.91. The van der Waals surface area contributed by atoms with Gasteiger partial charge in [-0.3, -0.25) is 9.59 Å². The summed E-state index contributed by atoms with van der Waals surface area (Å²) in [7, 11) is 0. The number of hydrogen-bond donors (Lipinski definition) is 3. The maximum atomic E-state index is 12.5. The normalized spacial score (nSPS) is 12.0. The summed E-state index contributed by atoms with van der Waals surface area (Å²) in [5.74, 6) is -0.734. The van der Waals surface area contributed by atoms with Gasteiger partial charge in [0.05, 0.1) is 5.02 Å². The highest BCUT2D eigenvalue weighted by atomic mass is 35.5. The molecule has 2 aromatic carbocycles. The Kier molecular flexibility index (Phi) is 5.49. The lowest BCUT2D eigenvalue weighted by Crippen LogP contribution is -2.44. The number of halogens is 2. The van der Waals surface area contributed by atoms with Gasteiger partial charge in [0.1, 0.15) is 11.7 Å². The molecule has 0 aliphatic heterocycles. The van der Waals surface area contributed by atoms with Crippen molar-refractivity contribution in [1.82, 2.24) is 15.6 Å². The lowest BCUT2D eigenvalue weighted by molar-refractivity contribution is -0.122. The Hall–Kier alpha value is -2.50. The molecule has 2 amide bonds. The number of aromatic amines is 1. The van der Waals surface area contributed by atoms with Gasteiger partial charge < -0.3 is 15.6 Å². The van der Waals surface area contributed by atoms with E-state index in [1.807, 2.05) is 30.3 Å². The fourth-order valence-electron chi connectivity index (χ4n) is 2.56. The van der Waals surface area contributed by atoms with E-state index in [1.165, 1.54) is 0 Å². The highest BCUT2D eigenvalue weighted by Gasteiger charge is 2.21. The number of amides is 2. The molecule has 0 aliphatic rings. The second kappa shape index (κ2) is 7.81. The van der Waals surface area contributed by atoms with Crippen molar-refractivity contribution in [1.29, 1.82) is 0 Å². The van der Waals surface area contributed by atoms with E-state index >= 15 is 0 Å². The van der Waals surface area contributed by atoms with Crippen LogP contribution in [0.2, 0.25) is 10.0 Å². The summed E-state index contributed by atoms with van der Waals surface area (Å²) < 4.78 is 0. The molecule has 0 spiro atoms. The summed E-state index contributed by atoms with van der Waals surface area (Å²) in [4.78, 5) is 27.6. The zero-order chi connectivity index (χ0) is 18.7. The fourth-order valence-corrected chi connectivity index (χ4v) is 3.02. The van der Waals surface area contributed by atoms with Crippen LogP contribution in [0.3, 0.4) is 0 Å². The summed E-state index contributed by atoms with van der Waals surface area (Å²) in [5.41, 5.74) is 1.88. The van der Waals surface area contributed by atoms with Crippen LogP contribution in [0.5, 0.6) is 0 Å². The topological polar surface area (TPSA) is 74.0 Å². The molecular weight excluding hydrogens is 373 g/mol. The third-order valence-corrected chi connectivity index (χ3v) is 4.60. The third-order valence-electron chi connectivity index (χ3n) is 3.97. The van der Waals surface area contributed by atoms with Gasteiger partial charge in [0.2, 0.25) is 5.91 Å². The summed E-state index contributed by atoms with van der Waals surface area (Å²) in [6.45, 7) is 2.01. The number of aromatic nitrogens is 1. The van der Waals surface area contributed by atoms with Crippen LogP contribution in [0.1, 0.15) is 23.0 Å². The van der Waals surface area contributed by atoms with Gasteiger partial charge in [-0.1, -0.05) is 53.5 Å². The molecule has 0 radical (unpaired) electrons. The molecule has 0 saturated heterocycles. The number of H-pyrrole nitrogens is 1. The van der Waals surface area contributed by atoms with E-state index in [9.17, 15) is 9.59 Å². The van der Waals surface area contributed by atoms with Gasteiger partial charge in [-0.05, 0) is 30.7 Å². The first-order valence-electron chi connectivity index (χ1n) is 8.05. The molecule has 3 N–H and O–H groups in total. The molecule has 134 valence electrons. The Labute approximate surface area is 160 Å². The molecule has 3 rings (SSSR count). The van der Waals surface area contributed by atoms with E-state index in [4.69, 9.17) is 23.2 Å². The largest absolute Gasteiger partial charge is 0.350 e. The second-order valence-corrected chi connectivity index (χ2v) is 6.72. The Balaban J connectivity index is 1.65. The molecular formula is C19H17Cl2N3O2. The number of carbonyl (C=O) groups excluding carboxylic acids is 2. The Morgan fingerprint density at radius 2 is 1.85 bits per heavy atom. The monoisotopic (exact) mass is 389 g/mol. The first-order valence-corrected chi connectivity index (χ1v) is 8.80. The van der Waals surface area contributed by atoms with Crippen molar-refractivity contribution in [2.24, 2.45) is 0 Å². The average molecular weight is 390 g/mol. The third kappa shape index (κ3) is 4.00. The molecule has 0 bridgehead atoms. The van der Waals surface area contributed by atoms with Crippen molar-refractivity contribution in [2.45, 2.75) is 19.5 Å². The van der Waals surface area contributed by atoms with Gasteiger partial charge in [-0.2, -0.15) is 0 Å². The first-order chi connectivity index (χ1) is 12.5. The van der Waals surface area contributed by atoms with Gasteiger partial charge in [-0.15, -0.1) is 0 Å². The molecule has 7 heteroatoms. The van der Waals surface area contributed by atoms with Gasteiger partial charge in [-0.25, -0.2) is 0 Å². The average Bonchev–Trinajstić information content (AvgIpc) is 2.97. The molecule has 1 heterocycles. The van der Waals surface area contributed by atoms with Crippen molar-refractivity contribution in [3.8, 4) is 0 Å². The first kappa shape index (κ1) is 18.3. The second-order valence-electron chi connectivity index (χ2n) is 5.90. The standard InChI is InChI=1S/C19H17Cl2N3O2/c1-11(18(25)22-10-12-5-3-2-4-6-12)23-19(26)17-16(21)14-9-13(20)7-8-15(14)24-17/h2-9,11,24H,10H2,1H3,(H,22,25)(H,23,26). The molecule has 0 fully saturated rings. The zero-order valence-electron chi connectivity index (χ0n) is 14.0. The van der Waals surface area contributed by atoms with Crippen LogP contribution in [-0.4, -0.2) is 22.8 Å². The minimum atomic E-state index is -0.711.